The Balaban J connectivity index is 1.44. The quantitative estimate of drug-likeness (QED) is 0.415. The van der Waals surface area contributed by atoms with E-state index in [9.17, 15) is 13.2 Å². The number of aryl methyl sites for hydroxylation is 1. The molecule has 162 valence electrons. The maximum Gasteiger partial charge on any atom is 0.419 e. The van der Waals surface area contributed by atoms with Gasteiger partial charge in [0.25, 0.3) is 10.0 Å². The lowest BCUT2D eigenvalue weighted by Crippen LogP contribution is -2.15. The molecule has 0 aliphatic heterocycles. The molecule has 10 nitrogen and oxygen atoms in total. The molecule has 3 heterocycles. The van der Waals surface area contributed by atoms with Crippen LogP contribution in [0.1, 0.15) is 11.5 Å². The van der Waals surface area contributed by atoms with Gasteiger partial charge in [0.1, 0.15) is 0 Å². The van der Waals surface area contributed by atoms with Crippen LogP contribution >= 0.6 is 0 Å². The van der Waals surface area contributed by atoms with Gasteiger partial charge in [0.2, 0.25) is 11.7 Å². The Morgan fingerprint density at radius 1 is 1.09 bits per heavy atom. The average molecular weight is 452 g/mol. The summed E-state index contributed by atoms with van der Waals surface area (Å²) in [6, 6.07) is 14.5. The Labute approximate surface area is 181 Å². The van der Waals surface area contributed by atoms with Crippen molar-refractivity contribution in [1.29, 1.82) is 0 Å². The largest absolute Gasteiger partial charge is 0.461 e. The molecule has 2 aromatic carbocycles. The maximum absolute atomic E-state index is 13.0. The van der Waals surface area contributed by atoms with E-state index >= 15 is 0 Å². The van der Waals surface area contributed by atoms with Crippen LogP contribution in [0.4, 0.5) is 5.69 Å². The molecule has 0 aliphatic carbocycles. The Bertz CT molecular complexity index is 1580. The van der Waals surface area contributed by atoms with Crippen molar-refractivity contribution in [3.8, 4) is 11.6 Å². The standard InChI is InChI=1S/C21H16N4O6S/c1-25-16-12-14(8-9-17(16)30-21(25)26)32(27,28)24-15-6-3-2-5-13(15)11-19-22-20(23-31-19)18-7-4-10-29-18/h2-10,12,24H,11H2,1H3. The molecule has 5 rings (SSSR count). The molecule has 0 saturated heterocycles. The van der Waals surface area contributed by atoms with E-state index in [1.165, 1.54) is 36.1 Å². The molecule has 0 aliphatic rings. The van der Waals surface area contributed by atoms with Gasteiger partial charge in [0, 0.05) is 7.05 Å². The third kappa shape index (κ3) is 3.58. The highest BCUT2D eigenvalue weighted by molar-refractivity contribution is 7.92. The van der Waals surface area contributed by atoms with Crippen LogP contribution in [0.3, 0.4) is 0 Å². The molecule has 0 fully saturated rings. The van der Waals surface area contributed by atoms with E-state index in [1.54, 1.807) is 36.4 Å². The number of sulfonamides is 1. The molecule has 0 unspecified atom stereocenters. The number of benzene rings is 2. The van der Waals surface area contributed by atoms with E-state index in [0.29, 0.717) is 39.8 Å². The highest BCUT2D eigenvalue weighted by Crippen LogP contribution is 2.25. The first kappa shape index (κ1) is 19.8. The van der Waals surface area contributed by atoms with Crippen LogP contribution < -0.4 is 10.5 Å². The number of nitrogens with one attached hydrogen (secondary N) is 1. The van der Waals surface area contributed by atoms with Gasteiger partial charge < -0.3 is 13.4 Å². The van der Waals surface area contributed by atoms with E-state index in [0.717, 1.165) is 0 Å². The molecule has 0 atom stereocenters. The van der Waals surface area contributed by atoms with Crippen LogP contribution in [0.25, 0.3) is 22.7 Å². The van der Waals surface area contributed by atoms with Crippen molar-refractivity contribution in [3.63, 3.8) is 0 Å². The van der Waals surface area contributed by atoms with Crippen LogP contribution in [0, 0.1) is 0 Å². The van der Waals surface area contributed by atoms with Gasteiger partial charge >= 0.3 is 5.76 Å². The molecule has 0 amide bonds. The number of para-hydroxylation sites is 1. The maximum atomic E-state index is 13.0. The van der Waals surface area contributed by atoms with Gasteiger partial charge in [-0.1, -0.05) is 23.4 Å². The van der Waals surface area contributed by atoms with Gasteiger partial charge in [-0.05, 0) is 42.0 Å². The minimum Gasteiger partial charge on any atom is -0.461 e. The molecule has 0 bridgehead atoms. The molecule has 32 heavy (non-hydrogen) atoms. The molecular formula is C21H16N4O6S. The number of fused-ring (bicyclic) bond motifs is 1. The van der Waals surface area contributed by atoms with Crippen LogP contribution in [-0.4, -0.2) is 23.1 Å². The molecule has 5 aromatic rings. The van der Waals surface area contributed by atoms with Crippen molar-refractivity contribution in [3.05, 3.63) is 82.9 Å². The molecule has 0 radical (unpaired) electrons. The predicted octanol–water partition coefficient (Wildman–Crippen LogP) is 3.17. The summed E-state index contributed by atoms with van der Waals surface area (Å²) < 4.78 is 45.5. The zero-order chi connectivity index (χ0) is 22.3. The number of anilines is 1. The number of hydrogen-bond donors (Lipinski definition) is 1. The van der Waals surface area contributed by atoms with Crippen molar-refractivity contribution in [1.82, 2.24) is 14.7 Å². The summed E-state index contributed by atoms with van der Waals surface area (Å²) in [6.07, 6.45) is 1.72. The van der Waals surface area contributed by atoms with Gasteiger partial charge in [0.05, 0.1) is 28.8 Å². The molecule has 3 aromatic heterocycles. The summed E-state index contributed by atoms with van der Waals surface area (Å²) >= 11 is 0. The smallest absolute Gasteiger partial charge is 0.419 e. The van der Waals surface area contributed by atoms with Crippen LogP contribution in [0.5, 0.6) is 0 Å². The van der Waals surface area contributed by atoms with Gasteiger partial charge in [-0.2, -0.15) is 4.98 Å². The fourth-order valence-corrected chi connectivity index (χ4v) is 4.37. The van der Waals surface area contributed by atoms with Gasteiger partial charge in [-0.3, -0.25) is 9.29 Å². The minimum atomic E-state index is -3.95. The number of hydrogen-bond acceptors (Lipinski definition) is 8. The fraction of sp³-hybridized carbons (Fsp3) is 0.0952. The van der Waals surface area contributed by atoms with Crippen LogP contribution in [0.15, 0.2) is 83.9 Å². The molecular weight excluding hydrogens is 436 g/mol. The Kier molecular flexibility index (Phi) is 4.67. The highest BCUT2D eigenvalue weighted by atomic mass is 32.2. The third-order valence-electron chi connectivity index (χ3n) is 4.89. The topological polar surface area (TPSA) is 133 Å². The lowest BCUT2D eigenvalue weighted by Gasteiger charge is -2.12. The van der Waals surface area contributed by atoms with E-state index < -0.39 is 15.8 Å². The normalized spacial score (nSPS) is 11.8. The second-order valence-corrected chi connectivity index (χ2v) is 8.67. The summed E-state index contributed by atoms with van der Waals surface area (Å²) in [5.74, 6) is 0.513. The predicted molar refractivity (Wildman–Crippen MR) is 114 cm³/mol. The highest BCUT2D eigenvalue weighted by Gasteiger charge is 2.20. The lowest BCUT2D eigenvalue weighted by molar-refractivity contribution is 0.384. The Morgan fingerprint density at radius 3 is 2.75 bits per heavy atom. The number of oxazole rings is 1. The zero-order valence-corrected chi connectivity index (χ0v) is 17.5. The van der Waals surface area contributed by atoms with Crippen molar-refractivity contribution < 1.29 is 21.8 Å². The van der Waals surface area contributed by atoms with E-state index in [1.807, 2.05) is 0 Å². The van der Waals surface area contributed by atoms with E-state index in [-0.39, 0.29) is 11.3 Å². The Morgan fingerprint density at radius 2 is 1.94 bits per heavy atom. The number of furan rings is 1. The van der Waals surface area contributed by atoms with Crippen molar-refractivity contribution in [2.75, 3.05) is 4.72 Å². The third-order valence-corrected chi connectivity index (χ3v) is 6.25. The SMILES string of the molecule is Cn1c(=O)oc2ccc(S(=O)(=O)Nc3ccccc3Cc3nc(-c4ccco4)no3)cc21. The van der Waals surface area contributed by atoms with E-state index in [4.69, 9.17) is 13.4 Å². The van der Waals surface area contributed by atoms with Gasteiger partial charge in [-0.15, -0.1) is 0 Å². The van der Waals surface area contributed by atoms with Crippen molar-refractivity contribution in [2.45, 2.75) is 11.3 Å². The molecule has 0 saturated carbocycles. The molecule has 11 heteroatoms. The number of rotatable bonds is 6. The number of aromatic nitrogens is 3. The van der Waals surface area contributed by atoms with Gasteiger partial charge in [-0.25, -0.2) is 13.2 Å². The van der Waals surface area contributed by atoms with E-state index in [2.05, 4.69) is 14.9 Å². The van der Waals surface area contributed by atoms with Crippen LogP contribution in [-0.2, 0) is 23.5 Å². The summed E-state index contributed by atoms with van der Waals surface area (Å²) in [6.45, 7) is 0. The Hall–Kier alpha value is -4.12. The van der Waals surface area contributed by atoms with Crippen molar-refractivity contribution >= 4 is 26.8 Å². The summed E-state index contributed by atoms with van der Waals surface area (Å²) in [4.78, 5) is 16.0. The van der Waals surface area contributed by atoms with Gasteiger partial charge in [0.15, 0.2) is 11.3 Å². The number of nitrogens with zero attached hydrogens (tertiary/aromatic N) is 3. The second-order valence-electron chi connectivity index (χ2n) is 6.98. The summed E-state index contributed by atoms with van der Waals surface area (Å²) in [7, 11) is -2.44. The van der Waals surface area contributed by atoms with Crippen LogP contribution in [0.2, 0.25) is 0 Å². The molecule has 0 spiro atoms. The molecule has 1 N–H and O–H groups in total. The lowest BCUT2D eigenvalue weighted by atomic mass is 10.1. The second kappa shape index (κ2) is 7.54. The summed E-state index contributed by atoms with van der Waals surface area (Å²) in [5, 5.41) is 3.89. The fourth-order valence-electron chi connectivity index (χ4n) is 3.25. The minimum absolute atomic E-state index is 0.00546. The van der Waals surface area contributed by atoms with Crippen molar-refractivity contribution in [2.24, 2.45) is 7.05 Å². The first-order chi connectivity index (χ1) is 15.4. The monoisotopic (exact) mass is 452 g/mol. The first-order valence-corrected chi connectivity index (χ1v) is 11.0. The summed E-state index contributed by atoms with van der Waals surface area (Å²) in [5.41, 5.74) is 1.69. The first-order valence-electron chi connectivity index (χ1n) is 9.47. The zero-order valence-electron chi connectivity index (χ0n) is 16.7. The average Bonchev–Trinajstić information content (AvgIpc) is 3.51.